The fourth-order valence-corrected chi connectivity index (χ4v) is 1.47. The van der Waals surface area contributed by atoms with E-state index in [0.717, 1.165) is 0 Å². The molecule has 1 aromatic carbocycles. The quantitative estimate of drug-likeness (QED) is 0.535. The van der Waals surface area contributed by atoms with Crippen LogP contribution in [0.25, 0.3) is 0 Å². The molecule has 22 heavy (non-hydrogen) atoms. The number of hydrogen-bond acceptors (Lipinski definition) is 4. The smallest absolute Gasteiger partial charge is 0.387 e. The number of amides is 1. The summed E-state index contributed by atoms with van der Waals surface area (Å²) in [5.41, 5.74) is 0.108. The first-order valence-electron chi connectivity index (χ1n) is 6.21. The van der Waals surface area contributed by atoms with Crippen molar-refractivity contribution < 1.29 is 33.0 Å². The molecule has 0 aliphatic rings. The van der Waals surface area contributed by atoms with E-state index in [0.29, 0.717) is 0 Å². The number of benzene rings is 1. The van der Waals surface area contributed by atoms with Crippen LogP contribution in [-0.4, -0.2) is 42.9 Å². The third kappa shape index (κ3) is 5.88. The lowest BCUT2D eigenvalue weighted by molar-refractivity contribution is -0.140. The van der Waals surface area contributed by atoms with E-state index in [2.05, 4.69) is 16.6 Å². The highest BCUT2D eigenvalue weighted by Gasteiger charge is 2.20. The number of aliphatic carboxylic acids is 1. The van der Waals surface area contributed by atoms with Crippen LogP contribution in [0.15, 0.2) is 36.9 Å². The summed E-state index contributed by atoms with van der Waals surface area (Å²) in [5.74, 6) is -2.02. The monoisotopic (exact) mass is 315 g/mol. The largest absolute Gasteiger partial charge is 0.480 e. The summed E-state index contributed by atoms with van der Waals surface area (Å²) in [7, 11) is 0. The van der Waals surface area contributed by atoms with Gasteiger partial charge in [0.05, 0.1) is 13.2 Å². The molecule has 0 bridgehead atoms. The molecule has 0 radical (unpaired) electrons. The molecule has 0 saturated carbocycles. The van der Waals surface area contributed by atoms with E-state index in [1.165, 1.54) is 30.3 Å². The van der Waals surface area contributed by atoms with Crippen molar-refractivity contribution in [2.24, 2.45) is 0 Å². The summed E-state index contributed by atoms with van der Waals surface area (Å²) in [6.07, 6.45) is 1.45. The van der Waals surface area contributed by atoms with Gasteiger partial charge in [0, 0.05) is 5.56 Å². The minimum absolute atomic E-state index is 0.101. The van der Waals surface area contributed by atoms with Crippen LogP contribution >= 0.6 is 0 Å². The molecule has 0 aliphatic heterocycles. The number of rotatable bonds is 9. The van der Waals surface area contributed by atoms with E-state index in [1.54, 1.807) is 0 Å². The molecule has 6 nitrogen and oxygen atoms in total. The Morgan fingerprint density at radius 2 is 1.95 bits per heavy atom. The molecule has 0 fully saturated rings. The standard InChI is InChI=1S/C14H15F2NO5/c1-2-7-21-8-11(13(19)20)17-12(18)9-3-5-10(6-4-9)22-14(15)16/h2-6,11,14H,1,7-8H2,(H,17,18)(H,19,20). The van der Waals surface area contributed by atoms with Crippen LogP contribution in [-0.2, 0) is 9.53 Å². The molecule has 0 aromatic heterocycles. The first-order valence-corrected chi connectivity index (χ1v) is 6.21. The Morgan fingerprint density at radius 3 is 2.45 bits per heavy atom. The minimum atomic E-state index is -2.96. The van der Waals surface area contributed by atoms with Gasteiger partial charge in [-0.3, -0.25) is 4.79 Å². The second-order valence-electron chi connectivity index (χ2n) is 4.09. The van der Waals surface area contributed by atoms with Crippen LogP contribution in [0.4, 0.5) is 8.78 Å². The van der Waals surface area contributed by atoms with Crippen LogP contribution < -0.4 is 10.1 Å². The number of carbonyl (C=O) groups is 2. The molecule has 0 heterocycles. The molecule has 0 aliphatic carbocycles. The van der Waals surface area contributed by atoms with Crippen LogP contribution in [0.5, 0.6) is 5.75 Å². The summed E-state index contributed by atoms with van der Waals surface area (Å²) in [6, 6.07) is 3.63. The third-order valence-corrected chi connectivity index (χ3v) is 2.47. The topological polar surface area (TPSA) is 84.9 Å². The molecule has 1 amide bonds. The molecule has 2 N–H and O–H groups in total. The average Bonchev–Trinajstić information content (AvgIpc) is 2.46. The predicted octanol–water partition coefficient (Wildman–Crippen LogP) is 1.67. The Morgan fingerprint density at radius 1 is 1.32 bits per heavy atom. The summed E-state index contributed by atoms with van der Waals surface area (Å²) in [4.78, 5) is 22.9. The van der Waals surface area contributed by atoms with Gasteiger partial charge in [-0.05, 0) is 24.3 Å². The predicted molar refractivity (Wildman–Crippen MR) is 73.0 cm³/mol. The van der Waals surface area contributed by atoms with E-state index in [4.69, 9.17) is 9.84 Å². The van der Waals surface area contributed by atoms with Crippen molar-refractivity contribution >= 4 is 11.9 Å². The van der Waals surface area contributed by atoms with Gasteiger partial charge in [-0.1, -0.05) is 6.08 Å². The number of carboxylic acid groups (broad SMARTS) is 1. The van der Waals surface area contributed by atoms with E-state index in [1.807, 2.05) is 0 Å². The minimum Gasteiger partial charge on any atom is -0.480 e. The van der Waals surface area contributed by atoms with Crippen molar-refractivity contribution in [3.05, 3.63) is 42.5 Å². The SMILES string of the molecule is C=CCOCC(NC(=O)c1ccc(OC(F)F)cc1)C(=O)O. The Bertz CT molecular complexity index is 518. The van der Waals surface area contributed by atoms with Gasteiger partial charge in [-0.25, -0.2) is 4.79 Å². The van der Waals surface area contributed by atoms with E-state index in [9.17, 15) is 18.4 Å². The molecular formula is C14H15F2NO5. The summed E-state index contributed by atoms with van der Waals surface area (Å²) >= 11 is 0. The molecule has 1 unspecified atom stereocenters. The van der Waals surface area contributed by atoms with Gasteiger partial charge in [0.2, 0.25) is 0 Å². The summed E-state index contributed by atoms with van der Waals surface area (Å²) < 4.78 is 33.1. The van der Waals surface area contributed by atoms with Gasteiger partial charge >= 0.3 is 12.6 Å². The van der Waals surface area contributed by atoms with E-state index < -0.39 is 24.5 Å². The zero-order chi connectivity index (χ0) is 16.5. The number of alkyl halides is 2. The maximum Gasteiger partial charge on any atom is 0.387 e. The van der Waals surface area contributed by atoms with Crippen molar-refractivity contribution in [1.29, 1.82) is 0 Å². The first kappa shape index (κ1) is 17.6. The summed E-state index contributed by atoms with van der Waals surface area (Å²) in [5, 5.41) is 11.3. The van der Waals surface area contributed by atoms with Gasteiger partial charge in [0.1, 0.15) is 5.75 Å². The van der Waals surface area contributed by atoms with Crippen LogP contribution in [0.1, 0.15) is 10.4 Å². The van der Waals surface area contributed by atoms with Gasteiger partial charge in [-0.2, -0.15) is 8.78 Å². The fourth-order valence-electron chi connectivity index (χ4n) is 1.47. The van der Waals surface area contributed by atoms with Crippen molar-refractivity contribution in [3.63, 3.8) is 0 Å². The van der Waals surface area contributed by atoms with Crippen LogP contribution in [0.2, 0.25) is 0 Å². The lowest BCUT2D eigenvalue weighted by Gasteiger charge is -2.14. The van der Waals surface area contributed by atoms with Crippen molar-refractivity contribution in [2.75, 3.05) is 13.2 Å². The number of halogens is 2. The Kier molecular flexibility index (Phi) is 6.97. The van der Waals surface area contributed by atoms with E-state index >= 15 is 0 Å². The normalized spacial score (nSPS) is 11.8. The molecule has 1 rings (SSSR count). The van der Waals surface area contributed by atoms with Gasteiger partial charge in [-0.15, -0.1) is 6.58 Å². The molecule has 1 aromatic rings. The second-order valence-corrected chi connectivity index (χ2v) is 4.09. The second kappa shape index (κ2) is 8.73. The van der Waals surface area contributed by atoms with Gasteiger partial charge < -0.3 is 19.9 Å². The highest BCUT2D eigenvalue weighted by molar-refractivity contribution is 5.96. The molecule has 0 spiro atoms. The maximum absolute atomic E-state index is 12.0. The number of carbonyl (C=O) groups excluding carboxylic acids is 1. The first-order chi connectivity index (χ1) is 10.4. The van der Waals surface area contributed by atoms with Crippen molar-refractivity contribution in [3.8, 4) is 5.75 Å². The van der Waals surface area contributed by atoms with E-state index in [-0.39, 0.29) is 24.5 Å². The van der Waals surface area contributed by atoms with Crippen LogP contribution in [0.3, 0.4) is 0 Å². The number of hydrogen-bond donors (Lipinski definition) is 2. The third-order valence-electron chi connectivity index (χ3n) is 2.47. The molecule has 1 atom stereocenters. The van der Waals surface area contributed by atoms with Gasteiger partial charge in [0.15, 0.2) is 6.04 Å². The number of ether oxygens (including phenoxy) is 2. The zero-order valence-corrected chi connectivity index (χ0v) is 11.5. The number of carboxylic acids is 1. The lowest BCUT2D eigenvalue weighted by Crippen LogP contribution is -2.44. The van der Waals surface area contributed by atoms with Gasteiger partial charge in [0.25, 0.3) is 5.91 Å². The summed E-state index contributed by atoms with van der Waals surface area (Å²) in [6.45, 7) is 0.384. The Hall–Kier alpha value is -2.48. The highest BCUT2D eigenvalue weighted by atomic mass is 19.3. The maximum atomic E-state index is 12.0. The molecule has 120 valence electrons. The fraction of sp³-hybridized carbons (Fsp3) is 0.286. The zero-order valence-electron chi connectivity index (χ0n) is 11.5. The Labute approximate surface area is 125 Å². The molecule has 8 heteroatoms. The number of nitrogens with one attached hydrogen (secondary N) is 1. The molecule has 0 saturated heterocycles. The van der Waals surface area contributed by atoms with Crippen molar-refractivity contribution in [1.82, 2.24) is 5.32 Å². The molecular weight excluding hydrogens is 300 g/mol. The Balaban J connectivity index is 2.65. The van der Waals surface area contributed by atoms with Crippen molar-refractivity contribution in [2.45, 2.75) is 12.7 Å². The highest BCUT2D eigenvalue weighted by Crippen LogP contribution is 2.14. The average molecular weight is 315 g/mol. The van der Waals surface area contributed by atoms with Crippen LogP contribution in [0, 0.1) is 0 Å². The lowest BCUT2D eigenvalue weighted by atomic mass is 10.2.